The number of nitrogens with two attached hydrogens (primary N) is 1. The molecule has 0 saturated carbocycles. The van der Waals surface area contributed by atoms with E-state index in [0.29, 0.717) is 0 Å². The molecular weight excluding hydrogens is 285 g/mol. The number of halogens is 6. The summed E-state index contributed by atoms with van der Waals surface area (Å²) in [7, 11) is 0. The van der Waals surface area contributed by atoms with Gasteiger partial charge in [0.05, 0.1) is 5.02 Å². The maximum absolute atomic E-state index is 13.2. The molecule has 0 radical (unpaired) electrons. The SMILES string of the molecule is Cc1c(Cl)c(F)c(F)c(F)c1OC(F)(F)C(N)=O. The Morgan fingerprint density at radius 2 is 1.72 bits per heavy atom. The first-order valence-electron chi connectivity index (χ1n) is 4.28. The van der Waals surface area contributed by atoms with Gasteiger partial charge in [-0.1, -0.05) is 11.6 Å². The minimum Gasteiger partial charge on any atom is -0.422 e. The number of carbonyl (C=O) groups excluding carboxylic acids is 1. The number of amides is 1. The van der Waals surface area contributed by atoms with Crippen LogP contribution < -0.4 is 10.5 Å². The lowest BCUT2D eigenvalue weighted by molar-refractivity contribution is -0.190. The number of rotatable bonds is 3. The van der Waals surface area contributed by atoms with E-state index in [2.05, 4.69) is 10.5 Å². The topological polar surface area (TPSA) is 52.3 Å². The van der Waals surface area contributed by atoms with Gasteiger partial charge in [0, 0.05) is 5.56 Å². The lowest BCUT2D eigenvalue weighted by Crippen LogP contribution is -2.41. The molecule has 0 bridgehead atoms. The second-order valence-electron chi connectivity index (χ2n) is 3.19. The first-order valence-corrected chi connectivity index (χ1v) is 4.66. The molecule has 100 valence electrons. The van der Waals surface area contributed by atoms with Crippen molar-refractivity contribution in [3.05, 3.63) is 28.0 Å². The Bertz CT molecular complexity index is 491. The quantitative estimate of drug-likeness (QED) is 0.528. The molecule has 18 heavy (non-hydrogen) atoms. The molecule has 1 aromatic rings. The highest BCUT2D eigenvalue weighted by atomic mass is 35.5. The number of hydrogen-bond donors (Lipinski definition) is 1. The molecule has 0 atom stereocenters. The first-order chi connectivity index (χ1) is 8.09. The minimum absolute atomic E-state index is 0.631. The third-order valence-corrected chi connectivity index (χ3v) is 2.41. The molecule has 1 rings (SSSR count). The lowest BCUT2D eigenvalue weighted by atomic mass is 10.2. The third-order valence-electron chi connectivity index (χ3n) is 1.96. The number of ether oxygens (including phenoxy) is 1. The van der Waals surface area contributed by atoms with Crippen LogP contribution in [0.4, 0.5) is 22.0 Å². The fraction of sp³-hybridized carbons (Fsp3) is 0.222. The van der Waals surface area contributed by atoms with E-state index >= 15 is 0 Å². The van der Waals surface area contributed by atoms with Gasteiger partial charge in [-0.25, -0.2) is 8.78 Å². The molecule has 0 aliphatic carbocycles. The van der Waals surface area contributed by atoms with Crippen LogP contribution in [0.1, 0.15) is 5.56 Å². The molecule has 0 spiro atoms. The van der Waals surface area contributed by atoms with E-state index in [4.69, 9.17) is 11.6 Å². The van der Waals surface area contributed by atoms with Crippen molar-refractivity contribution in [2.24, 2.45) is 5.73 Å². The highest BCUT2D eigenvalue weighted by molar-refractivity contribution is 6.31. The van der Waals surface area contributed by atoms with E-state index in [-0.39, 0.29) is 0 Å². The molecule has 0 aliphatic rings. The minimum atomic E-state index is -4.58. The largest absolute Gasteiger partial charge is 0.482 e. The average molecular weight is 290 g/mol. The fourth-order valence-corrected chi connectivity index (χ4v) is 1.19. The molecule has 0 fully saturated rings. The van der Waals surface area contributed by atoms with Gasteiger partial charge in [-0.05, 0) is 6.92 Å². The van der Waals surface area contributed by atoms with Crippen molar-refractivity contribution in [3.8, 4) is 5.75 Å². The van der Waals surface area contributed by atoms with Crippen molar-refractivity contribution >= 4 is 17.5 Å². The smallest absolute Gasteiger partial charge is 0.422 e. The van der Waals surface area contributed by atoms with E-state index in [1.807, 2.05) is 0 Å². The van der Waals surface area contributed by atoms with Gasteiger partial charge in [-0.15, -0.1) is 0 Å². The van der Waals surface area contributed by atoms with Crippen molar-refractivity contribution in [2.45, 2.75) is 13.0 Å². The summed E-state index contributed by atoms with van der Waals surface area (Å²) in [6, 6.07) is 0. The molecular formula is C9H5ClF5NO2. The zero-order chi connectivity index (χ0) is 14.2. The van der Waals surface area contributed by atoms with Crippen LogP contribution in [0.25, 0.3) is 0 Å². The van der Waals surface area contributed by atoms with Gasteiger partial charge in [0.2, 0.25) is 5.82 Å². The van der Waals surface area contributed by atoms with Gasteiger partial charge in [-0.2, -0.15) is 13.2 Å². The molecule has 0 aliphatic heterocycles. The summed E-state index contributed by atoms with van der Waals surface area (Å²) in [4.78, 5) is 10.3. The summed E-state index contributed by atoms with van der Waals surface area (Å²) in [5, 5.41) is -0.941. The summed E-state index contributed by atoms with van der Waals surface area (Å²) < 4.78 is 68.4. The van der Waals surface area contributed by atoms with E-state index in [0.717, 1.165) is 6.92 Å². The molecule has 2 N–H and O–H groups in total. The zero-order valence-corrected chi connectivity index (χ0v) is 9.42. The monoisotopic (exact) mass is 289 g/mol. The normalized spacial score (nSPS) is 11.5. The molecule has 0 aromatic heterocycles. The average Bonchev–Trinajstić information content (AvgIpc) is 2.29. The number of hydrogen-bond acceptors (Lipinski definition) is 2. The molecule has 1 amide bonds. The molecule has 0 unspecified atom stereocenters. The van der Waals surface area contributed by atoms with Gasteiger partial charge in [0.1, 0.15) is 0 Å². The molecule has 3 nitrogen and oxygen atoms in total. The standard InChI is InChI=1S/C9H5ClF5NO2/c1-2-3(10)4(11)5(12)6(13)7(2)18-9(14,15)8(16)17/h1H3,(H2,16,17). The van der Waals surface area contributed by atoms with Crippen molar-refractivity contribution < 1.29 is 31.5 Å². The Hall–Kier alpha value is -1.57. The Morgan fingerprint density at radius 1 is 1.22 bits per heavy atom. The third kappa shape index (κ3) is 2.33. The molecule has 0 heterocycles. The van der Waals surface area contributed by atoms with Crippen LogP contribution in [0.15, 0.2) is 0 Å². The summed E-state index contributed by atoms with van der Waals surface area (Å²) in [5.74, 6) is -9.48. The Balaban J connectivity index is 3.39. The Labute approximate surface area is 102 Å². The first kappa shape index (κ1) is 14.5. The van der Waals surface area contributed by atoms with Crippen LogP contribution >= 0.6 is 11.6 Å². The lowest BCUT2D eigenvalue weighted by Gasteiger charge is -2.17. The number of carbonyl (C=O) groups is 1. The zero-order valence-electron chi connectivity index (χ0n) is 8.66. The van der Waals surface area contributed by atoms with Crippen molar-refractivity contribution in [3.63, 3.8) is 0 Å². The molecule has 9 heteroatoms. The predicted octanol–water partition coefficient (Wildman–Crippen LogP) is 2.52. The van der Waals surface area contributed by atoms with E-state index < -0.39 is 45.8 Å². The molecule has 0 saturated heterocycles. The predicted molar refractivity (Wildman–Crippen MR) is 50.8 cm³/mol. The van der Waals surface area contributed by atoms with Gasteiger partial charge in [-0.3, -0.25) is 4.79 Å². The fourth-order valence-electron chi connectivity index (χ4n) is 1.02. The van der Waals surface area contributed by atoms with Gasteiger partial charge in [0.15, 0.2) is 17.4 Å². The summed E-state index contributed by atoms with van der Waals surface area (Å²) in [6.07, 6.45) is -4.58. The van der Waals surface area contributed by atoms with Crippen LogP contribution in [0, 0.1) is 24.4 Å². The summed E-state index contributed by atoms with van der Waals surface area (Å²) >= 11 is 5.25. The van der Waals surface area contributed by atoms with Gasteiger partial charge < -0.3 is 10.5 Å². The van der Waals surface area contributed by atoms with Crippen molar-refractivity contribution in [1.82, 2.24) is 0 Å². The highest BCUT2D eigenvalue weighted by Crippen LogP contribution is 2.36. The van der Waals surface area contributed by atoms with Crippen molar-refractivity contribution in [1.29, 1.82) is 0 Å². The number of alkyl halides is 2. The van der Waals surface area contributed by atoms with Gasteiger partial charge in [0.25, 0.3) is 0 Å². The van der Waals surface area contributed by atoms with E-state index in [1.54, 1.807) is 0 Å². The van der Waals surface area contributed by atoms with Crippen LogP contribution in [-0.2, 0) is 4.79 Å². The summed E-state index contributed by atoms with van der Waals surface area (Å²) in [5.41, 5.74) is 3.66. The van der Waals surface area contributed by atoms with Gasteiger partial charge >= 0.3 is 12.0 Å². The number of primary amides is 1. The summed E-state index contributed by atoms with van der Waals surface area (Å²) in [6.45, 7) is 0.903. The highest BCUT2D eigenvalue weighted by Gasteiger charge is 2.42. The Kier molecular flexibility index (Phi) is 3.70. The van der Waals surface area contributed by atoms with Crippen LogP contribution in [0.2, 0.25) is 5.02 Å². The second-order valence-corrected chi connectivity index (χ2v) is 3.57. The van der Waals surface area contributed by atoms with Crippen LogP contribution in [-0.4, -0.2) is 12.0 Å². The maximum atomic E-state index is 13.2. The van der Waals surface area contributed by atoms with Crippen molar-refractivity contribution in [2.75, 3.05) is 0 Å². The van der Waals surface area contributed by atoms with Crippen LogP contribution in [0.5, 0.6) is 5.75 Å². The Morgan fingerprint density at radius 3 is 2.17 bits per heavy atom. The maximum Gasteiger partial charge on any atom is 0.482 e. The van der Waals surface area contributed by atoms with E-state index in [9.17, 15) is 26.7 Å². The van der Waals surface area contributed by atoms with E-state index in [1.165, 1.54) is 0 Å². The van der Waals surface area contributed by atoms with Crippen LogP contribution in [0.3, 0.4) is 0 Å². The second kappa shape index (κ2) is 4.60. The number of benzene rings is 1. The molecule has 1 aromatic carbocycles.